The Kier molecular flexibility index (Phi) is 5.54. The van der Waals surface area contributed by atoms with Crippen LogP contribution in [0.15, 0.2) is 18.2 Å². The first-order valence-electron chi connectivity index (χ1n) is 6.55. The van der Waals surface area contributed by atoms with Gasteiger partial charge in [0.2, 0.25) is 0 Å². The summed E-state index contributed by atoms with van der Waals surface area (Å²) in [6.45, 7) is 4.91. The lowest BCUT2D eigenvalue weighted by Crippen LogP contribution is -2.38. The highest BCUT2D eigenvalue weighted by Crippen LogP contribution is 2.39. The zero-order valence-electron chi connectivity index (χ0n) is 11.2. The molecule has 0 saturated carbocycles. The third-order valence-corrected chi connectivity index (χ3v) is 6.48. The molecule has 1 aliphatic heterocycles. The quantitative estimate of drug-likeness (QED) is 0.907. The van der Waals surface area contributed by atoms with E-state index in [-0.39, 0.29) is 22.9 Å². The molecule has 0 radical (unpaired) electrons. The Hall–Kier alpha value is -0.260. The maximum Gasteiger partial charge on any atom is 0.128 e. The second-order valence-electron chi connectivity index (χ2n) is 4.61. The lowest BCUT2D eigenvalue weighted by atomic mass is 10.0. The van der Waals surface area contributed by atoms with E-state index in [1.165, 1.54) is 18.2 Å². The van der Waals surface area contributed by atoms with Crippen LogP contribution in [0.2, 0.25) is 0 Å². The maximum atomic E-state index is 14.0. The van der Waals surface area contributed by atoms with Crippen LogP contribution in [0.3, 0.4) is 0 Å². The second kappa shape index (κ2) is 6.95. The molecule has 106 valence electrons. The summed E-state index contributed by atoms with van der Waals surface area (Å²) < 4.78 is 27.4. The summed E-state index contributed by atoms with van der Waals surface area (Å²) in [7, 11) is 0. The number of benzene rings is 1. The van der Waals surface area contributed by atoms with E-state index in [0.29, 0.717) is 10.8 Å². The molecule has 0 aromatic heterocycles. The summed E-state index contributed by atoms with van der Waals surface area (Å²) in [4.78, 5) is 0. The number of halogens is 2. The van der Waals surface area contributed by atoms with Gasteiger partial charge in [0, 0.05) is 33.6 Å². The first-order chi connectivity index (χ1) is 9.13. The highest BCUT2D eigenvalue weighted by Gasteiger charge is 2.32. The van der Waals surface area contributed by atoms with E-state index in [2.05, 4.69) is 12.2 Å². The Labute approximate surface area is 121 Å². The van der Waals surface area contributed by atoms with Crippen molar-refractivity contribution in [1.82, 2.24) is 5.32 Å². The summed E-state index contributed by atoms with van der Waals surface area (Å²) in [5.74, 6) is 1.50. The fourth-order valence-corrected chi connectivity index (χ4v) is 5.33. The van der Waals surface area contributed by atoms with Crippen LogP contribution in [0, 0.1) is 11.6 Å². The molecule has 0 bridgehead atoms. The van der Waals surface area contributed by atoms with E-state index in [0.717, 1.165) is 18.1 Å². The Balaban J connectivity index is 2.30. The van der Waals surface area contributed by atoms with Crippen molar-refractivity contribution in [3.05, 3.63) is 35.4 Å². The molecule has 1 heterocycles. The first kappa shape index (κ1) is 15.1. The molecule has 19 heavy (non-hydrogen) atoms. The number of hydrogen-bond acceptors (Lipinski definition) is 3. The Morgan fingerprint density at radius 3 is 2.74 bits per heavy atom. The van der Waals surface area contributed by atoms with Crippen molar-refractivity contribution in [2.24, 2.45) is 0 Å². The average Bonchev–Trinajstić information content (AvgIpc) is 2.40. The molecule has 1 saturated heterocycles. The smallest absolute Gasteiger partial charge is 0.128 e. The van der Waals surface area contributed by atoms with Crippen molar-refractivity contribution in [3.63, 3.8) is 0 Å². The third kappa shape index (κ3) is 3.64. The number of hydrogen-bond donors (Lipinski definition) is 1. The highest BCUT2D eigenvalue weighted by molar-refractivity contribution is 8.07. The van der Waals surface area contributed by atoms with E-state index >= 15 is 0 Å². The molecule has 0 spiro atoms. The molecular formula is C14H19F2NS2. The topological polar surface area (TPSA) is 12.0 Å². The van der Waals surface area contributed by atoms with Gasteiger partial charge in [0.05, 0.1) is 0 Å². The highest BCUT2D eigenvalue weighted by atomic mass is 32.2. The van der Waals surface area contributed by atoms with Crippen LogP contribution >= 0.6 is 23.5 Å². The predicted molar refractivity (Wildman–Crippen MR) is 80.9 cm³/mol. The molecular weight excluding hydrogens is 284 g/mol. The van der Waals surface area contributed by atoms with Crippen LogP contribution in [0.25, 0.3) is 0 Å². The van der Waals surface area contributed by atoms with Gasteiger partial charge in [-0.25, -0.2) is 8.78 Å². The van der Waals surface area contributed by atoms with Crippen molar-refractivity contribution in [3.8, 4) is 0 Å². The summed E-state index contributed by atoms with van der Waals surface area (Å²) in [5.41, 5.74) is 0.452. The van der Waals surface area contributed by atoms with Gasteiger partial charge in [-0.2, -0.15) is 23.5 Å². The van der Waals surface area contributed by atoms with Gasteiger partial charge in [-0.15, -0.1) is 0 Å². The molecule has 1 aromatic carbocycles. The molecule has 0 aliphatic carbocycles. The fourth-order valence-electron chi connectivity index (χ4n) is 2.39. The summed E-state index contributed by atoms with van der Waals surface area (Å²) >= 11 is 3.76. The predicted octanol–water partition coefficient (Wildman–Crippen LogP) is 3.85. The molecule has 1 aliphatic rings. The van der Waals surface area contributed by atoms with E-state index in [1.807, 2.05) is 30.4 Å². The molecule has 3 atom stereocenters. The van der Waals surface area contributed by atoms with Crippen molar-refractivity contribution >= 4 is 23.5 Å². The number of nitrogens with one attached hydrogen (secondary N) is 1. The van der Waals surface area contributed by atoms with Crippen LogP contribution in [-0.4, -0.2) is 28.6 Å². The minimum Gasteiger partial charge on any atom is -0.309 e. The Morgan fingerprint density at radius 2 is 2.05 bits per heavy atom. The molecule has 1 fully saturated rings. The number of rotatable bonds is 4. The van der Waals surface area contributed by atoms with E-state index in [1.54, 1.807) is 0 Å². The second-order valence-corrected chi connectivity index (χ2v) is 7.38. The summed E-state index contributed by atoms with van der Waals surface area (Å²) in [5, 5.41) is 4.04. The number of thioether (sulfide) groups is 2. The van der Waals surface area contributed by atoms with Crippen LogP contribution < -0.4 is 5.32 Å². The van der Waals surface area contributed by atoms with Crippen LogP contribution in [0.4, 0.5) is 8.78 Å². The van der Waals surface area contributed by atoms with Gasteiger partial charge in [0.1, 0.15) is 11.6 Å². The Morgan fingerprint density at radius 1 is 1.32 bits per heavy atom. The van der Waals surface area contributed by atoms with Gasteiger partial charge in [-0.3, -0.25) is 0 Å². The van der Waals surface area contributed by atoms with Crippen molar-refractivity contribution in [2.45, 2.75) is 30.4 Å². The van der Waals surface area contributed by atoms with E-state index in [4.69, 9.17) is 0 Å². The van der Waals surface area contributed by atoms with Gasteiger partial charge < -0.3 is 5.32 Å². The van der Waals surface area contributed by atoms with Gasteiger partial charge in [-0.05, 0) is 24.7 Å². The minimum atomic E-state index is -0.375. The normalized spacial score (nSPS) is 25.3. The molecule has 1 N–H and O–H groups in total. The van der Waals surface area contributed by atoms with Gasteiger partial charge in [0.25, 0.3) is 0 Å². The van der Waals surface area contributed by atoms with Crippen LogP contribution in [0.5, 0.6) is 0 Å². The largest absolute Gasteiger partial charge is 0.309 e. The summed E-state index contributed by atoms with van der Waals surface area (Å²) in [6.07, 6.45) is 0. The van der Waals surface area contributed by atoms with Gasteiger partial charge in [0.15, 0.2) is 0 Å². The van der Waals surface area contributed by atoms with E-state index < -0.39 is 0 Å². The minimum absolute atomic E-state index is 0.131. The first-order valence-corrected chi connectivity index (χ1v) is 8.64. The molecule has 1 nitrogen and oxygen atoms in total. The monoisotopic (exact) mass is 303 g/mol. The van der Waals surface area contributed by atoms with Crippen molar-refractivity contribution < 1.29 is 8.78 Å². The molecule has 3 unspecified atom stereocenters. The fraction of sp³-hybridized carbons (Fsp3) is 0.571. The third-order valence-electron chi connectivity index (χ3n) is 3.28. The summed E-state index contributed by atoms with van der Waals surface area (Å²) in [6, 6.07) is 3.59. The zero-order chi connectivity index (χ0) is 13.8. The zero-order valence-corrected chi connectivity index (χ0v) is 12.8. The van der Waals surface area contributed by atoms with Crippen molar-refractivity contribution in [2.75, 3.05) is 18.1 Å². The molecule has 2 rings (SSSR count). The maximum absolute atomic E-state index is 14.0. The SMILES string of the molecule is CCNC(c1cc(F)ccc1F)C1SCCSC1C. The molecule has 5 heteroatoms. The van der Waals surface area contributed by atoms with Gasteiger partial charge >= 0.3 is 0 Å². The van der Waals surface area contributed by atoms with Gasteiger partial charge in [-0.1, -0.05) is 13.8 Å². The van der Waals surface area contributed by atoms with E-state index in [9.17, 15) is 8.78 Å². The Bertz CT molecular complexity index is 428. The average molecular weight is 303 g/mol. The van der Waals surface area contributed by atoms with Crippen LogP contribution in [0.1, 0.15) is 25.5 Å². The molecule has 0 amide bonds. The lowest BCUT2D eigenvalue weighted by Gasteiger charge is -2.35. The molecule has 1 aromatic rings. The standard InChI is InChI=1S/C14H19F2NS2/c1-3-17-13(14-9(2)18-6-7-19-14)11-8-10(15)4-5-12(11)16/h4-5,8-9,13-14,17H,3,6-7H2,1-2H3. The van der Waals surface area contributed by atoms with Crippen LogP contribution in [-0.2, 0) is 0 Å². The lowest BCUT2D eigenvalue weighted by molar-refractivity contribution is 0.487. The van der Waals surface area contributed by atoms with Crippen molar-refractivity contribution in [1.29, 1.82) is 0 Å².